The summed E-state index contributed by atoms with van der Waals surface area (Å²) in [6.45, 7) is 3.65. The molecule has 2 aliphatic rings. The molecule has 144 valence electrons. The Morgan fingerprint density at radius 3 is 2.58 bits per heavy atom. The Balaban J connectivity index is 1.73. The van der Waals surface area contributed by atoms with Crippen molar-refractivity contribution < 1.29 is 22.7 Å². The fourth-order valence-electron chi connectivity index (χ4n) is 3.54. The Morgan fingerprint density at radius 2 is 1.88 bits per heavy atom. The molecule has 0 aromatic heterocycles. The lowest BCUT2D eigenvalue weighted by molar-refractivity contribution is 0.0409. The number of hydrogen-bond donors (Lipinski definition) is 0. The van der Waals surface area contributed by atoms with E-state index in [-0.39, 0.29) is 4.90 Å². The van der Waals surface area contributed by atoms with Crippen LogP contribution in [0.3, 0.4) is 0 Å². The highest BCUT2D eigenvalue weighted by Gasteiger charge is 2.27. The highest BCUT2D eigenvalue weighted by Crippen LogP contribution is 2.25. The molecule has 1 saturated carbocycles. The summed E-state index contributed by atoms with van der Waals surface area (Å²) in [5, 5.41) is 0. The Bertz CT molecular complexity index is 734. The molecule has 0 radical (unpaired) electrons. The lowest BCUT2D eigenvalue weighted by Crippen LogP contribution is -2.40. The average Bonchev–Trinajstić information content (AvgIpc) is 2.68. The van der Waals surface area contributed by atoms with E-state index in [9.17, 15) is 13.2 Å². The molecule has 1 aromatic carbocycles. The number of esters is 1. The van der Waals surface area contributed by atoms with E-state index in [1.807, 2.05) is 0 Å². The normalized spacial score (nSPS) is 20.0. The van der Waals surface area contributed by atoms with Crippen LogP contribution in [0.1, 0.15) is 48.0 Å². The molecule has 1 heterocycles. The second kappa shape index (κ2) is 8.50. The van der Waals surface area contributed by atoms with Gasteiger partial charge in [0.15, 0.2) is 0 Å². The first kappa shape index (κ1) is 19.3. The van der Waals surface area contributed by atoms with E-state index in [1.165, 1.54) is 29.6 Å². The highest BCUT2D eigenvalue weighted by atomic mass is 32.2. The maximum absolute atomic E-state index is 12.8. The van der Waals surface area contributed by atoms with E-state index >= 15 is 0 Å². The van der Waals surface area contributed by atoms with E-state index in [2.05, 4.69) is 0 Å². The van der Waals surface area contributed by atoms with Crippen molar-refractivity contribution in [3.8, 4) is 0 Å². The van der Waals surface area contributed by atoms with E-state index in [4.69, 9.17) is 9.47 Å². The zero-order valence-electron chi connectivity index (χ0n) is 15.3. The maximum Gasteiger partial charge on any atom is 0.338 e. The van der Waals surface area contributed by atoms with Gasteiger partial charge in [0.25, 0.3) is 0 Å². The van der Waals surface area contributed by atoms with E-state index < -0.39 is 16.0 Å². The number of nitrogens with zero attached hydrogens (tertiary/aromatic N) is 1. The van der Waals surface area contributed by atoms with Crippen LogP contribution in [0.25, 0.3) is 0 Å². The van der Waals surface area contributed by atoms with Crippen LogP contribution in [0.5, 0.6) is 0 Å². The molecule has 0 unspecified atom stereocenters. The first-order valence-electron chi connectivity index (χ1n) is 9.34. The van der Waals surface area contributed by atoms with Crippen LogP contribution in [0, 0.1) is 12.8 Å². The van der Waals surface area contributed by atoms with E-state index in [1.54, 1.807) is 19.1 Å². The fourth-order valence-corrected chi connectivity index (χ4v) is 4.98. The van der Waals surface area contributed by atoms with Gasteiger partial charge in [-0.1, -0.05) is 25.3 Å². The molecule has 7 heteroatoms. The monoisotopic (exact) mass is 381 g/mol. The van der Waals surface area contributed by atoms with Crippen molar-refractivity contribution in [1.82, 2.24) is 4.31 Å². The molecule has 0 amide bonds. The third kappa shape index (κ3) is 4.45. The Morgan fingerprint density at radius 1 is 1.19 bits per heavy atom. The van der Waals surface area contributed by atoms with Gasteiger partial charge in [0.05, 0.1) is 30.3 Å². The number of hydrogen-bond acceptors (Lipinski definition) is 5. The Kier molecular flexibility index (Phi) is 6.32. The van der Waals surface area contributed by atoms with Crippen LogP contribution in [0.4, 0.5) is 0 Å². The van der Waals surface area contributed by atoms with Crippen molar-refractivity contribution in [3.05, 3.63) is 29.3 Å². The van der Waals surface area contributed by atoms with Gasteiger partial charge in [-0.2, -0.15) is 4.31 Å². The van der Waals surface area contributed by atoms with Gasteiger partial charge >= 0.3 is 5.97 Å². The smallest absolute Gasteiger partial charge is 0.338 e. The lowest BCUT2D eigenvalue weighted by atomic mass is 9.90. The van der Waals surface area contributed by atoms with Gasteiger partial charge in [0, 0.05) is 13.1 Å². The molecular weight excluding hydrogens is 354 g/mol. The number of carbonyl (C=O) groups is 1. The average molecular weight is 381 g/mol. The van der Waals surface area contributed by atoms with Crippen molar-refractivity contribution >= 4 is 16.0 Å². The van der Waals surface area contributed by atoms with Crippen molar-refractivity contribution in [2.24, 2.45) is 5.92 Å². The number of ether oxygens (including phenoxy) is 2. The fraction of sp³-hybridized carbons (Fsp3) is 0.632. The molecule has 0 atom stereocenters. The van der Waals surface area contributed by atoms with Gasteiger partial charge in [-0.3, -0.25) is 0 Å². The predicted octanol–water partition coefficient (Wildman–Crippen LogP) is 2.75. The zero-order chi connectivity index (χ0) is 18.6. The Labute approximate surface area is 155 Å². The molecule has 2 fully saturated rings. The van der Waals surface area contributed by atoms with Gasteiger partial charge < -0.3 is 9.47 Å². The molecule has 6 nitrogen and oxygen atoms in total. The third-order valence-corrected chi connectivity index (χ3v) is 7.11. The number of aryl methyl sites for hydroxylation is 1. The van der Waals surface area contributed by atoms with Gasteiger partial charge in [-0.05, 0) is 43.4 Å². The number of carbonyl (C=O) groups excluding carboxylic acids is 1. The second-order valence-corrected chi connectivity index (χ2v) is 9.03. The summed E-state index contributed by atoms with van der Waals surface area (Å²) in [7, 11) is -3.62. The summed E-state index contributed by atoms with van der Waals surface area (Å²) in [6.07, 6.45) is 5.82. The lowest BCUT2D eigenvalue weighted by Gasteiger charge is -2.26. The van der Waals surface area contributed by atoms with Crippen molar-refractivity contribution in [2.45, 2.75) is 43.9 Å². The molecule has 1 aliphatic carbocycles. The van der Waals surface area contributed by atoms with Gasteiger partial charge in [0.2, 0.25) is 10.0 Å². The molecule has 1 saturated heterocycles. The highest BCUT2D eigenvalue weighted by molar-refractivity contribution is 7.89. The summed E-state index contributed by atoms with van der Waals surface area (Å²) < 4.78 is 37.7. The first-order valence-corrected chi connectivity index (χ1v) is 10.8. The summed E-state index contributed by atoms with van der Waals surface area (Å²) in [4.78, 5) is 12.6. The van der Waals surface area contributed by atoms with Crippen LogP contribution in [-0.2, 0) is 19.5 Å². The van der Waals surface area contributed by atoms with Gasteiger partial charge in [0.1, 0.15) is 0 Å². The van der Waals surface area contributed by atoms with Crippen LogP contribution in [-0.4, -0.2) is 51.6 Å². The summed E-state index contributed by atoms with van der Waals surface area (Å²) >= 11 is 0. The zero-order valence-corrected chi connectivity index (χ0v) is 16.1. The largest absolute Gasteiger partial charge is 0.462 e. The number of rotatable bonds is 5. The maximum atomic E-state index is 12.8. The second-order valence-electron chi connectivity index (χ2n) is 7.10. The number of morpholine rings is 1. The summed E-state index contributed by atoms with van der Waals surface area (Å²) in [5.41, 5.74) is 1.05. The summed E-state index contributed by atoms with van der Waals surface area (Å²) in [5.74, 6) is -0.0135. The molecule has 1 aromatic rings. The van der Waals surface area contributed by atoms with Gasteiger partial charge in [-0.25, -0.2) is 13.2 Å². The Hall–Kier alpha value is -1.44. The molecule has 3 rings (SSSR count). The molecular formula is C19H27NO5S. The van der Waals surface area contributed by atoms with Crippen molar-refractivity contribution in [3.63, 3.8) is 0 Å². The molecule has 0 bridgehead atoms. The SMILES string of the molecule is Cc1ccc(S(=O)(=O)N2CCOCC2)cc1C(=O)OCC1CCCCC1. The van der Waals surface area contributed by atoms with Crippen LogP contribution in [0.2, 0.25) is 0 Å². The molecule has 1 aliphatic heterocycles. The minimum atomic E-state index is -3.62. The number of benzene rings is 1. The molecule has 0 N–H and O–H groups in total. The quantitative estimate of drug-likeness (QED) is 0.734. The predicted molar refractivity (Wildman–Crippen MR) is 97.6 cm³/mol. The van der Waals surface area contributed by atoms with Crippen molar-refractivity contribution in [1.29, 1.82) is 0 Å². The van der Waals surface area contributed by atoms with Gasteiger partial charge in [-0.15, -0.1) is 0 Å². The van der Waals surface area contributed by atoms with Crippen LogP contribution < -0.4 is 0 Å². The van der Waals surface area contributed by atoms with Crippen LogP contribution in [0.15, 0.2) is 23.1 Å². The molecule has 26 heavy (non-hydrogen) atoms. The standard InChI is InChI=1S/C19H27NO5S/c1-15-7-8-17(26(22,23)20-9-11-24-12-10-20)13-18(15)19(21)25-14-16-5-3-2-4-6-16/h7-8,13,16H,2-6,9-12,14H2,1H3. The molecule has 0 spiro atoms. The summed E-state index contributed by atoms with van der Waals surface area (Å²) in [6, 6.07) is 4.67. The number of sulfonamides is 1. The minimum absolute atomic E-state index is 0.134. The van der Waals surface area contributed by atoms with E-state index in [0.29, 0.717) is 44.4 Å². The third-order valence-electron chi connectivity index (χ3n) is 5.21. The topological polar surface area (TPSA) is 72.9 Å². The first-order chi connectivity index (χ1) is 12.5. The minimum Gasteiger partial charge on any atom is -0.462 e. The van der Waals surface area contributed by atoms with Crippen molar-refractivity contribution in [2.75, 3.05) is 32.9 Å². The van der Waals surface area contributed by atoms with E-state index in [0.717, 1.165) is 18.4 Å². The van der Waals surface area contributed by atoms with Crippen LogP contribution >= 0.6 is 0 Å².